The smallest absolute Gasteiger partial charge is 0.305 e. The van der Waals surface area contributed by atoms with Crippen molar-refractivity contribution < 1.29 is 9.53 Å². The maximum atomic E-state index is 10.9. The fourth-order valence-corrected chi connectivity index (χ4v) is 1.20. The number of carbonyl (C=O) groups excluding carboxylic acids is 1. The number of hydrogen-bond acceptors (Lipinski definition) is 2. The first-order valence-corrected chi connectivity index (χ1v) is 5.36. The zero-order chi connectivity index (χ0) is 10.1. The summed E-state index contributed by atoms with van der Waals surface area (Å²) in [5.41, 5.74) is 0. The van der Waals surface area contributed by atoms with Crippen LogP contribution in [0.25, 0.3) is 0 Å². The predicted molar refractivity (Wildman–Crippen MR) is 54.6 cm³/mol. The summed E-state index contributed by atoms with van der Waals surface area (Å²) in [5.74, 6) is 0.744. The van der Waals surface area contributed by atoms with E-state index in [1.54, 1.807) is 0 Å². The molecule has 0 aliphatic carbocycles. The normalized spacial score (nSPS) is 12.5. The molecule has 0 fully saturated rings. The zero-order valence-corrected chi connectivity index (χ0v) is 9.14. The average Bonchev–Trinajstić information content (AvgIpc) is 2.12. The second-order valence-electron chi connectivity index (χ2n) is 3.56. The number of carbonyl (C=O) groups is 1. The minimum atomic E-state index is -0.0494. The van der Waals surface area contributed by atoms with Crippen LogP contribution in [-0.4, -0.2) is 12.6 Å². The summed E-state index contributed by atoms with van der Waals surface area (Å²) in [5, 5.41) is 0. The highest BCUT2D eigenvalue weighted by molar-refractivity contribution is 5.69. The topological polar surface area (TPSA) is 26.3 Å². The Morgan fingerprint density at radius 3 is 2.54 bits per heavy atom. The molecule has 1 atom stereocenters. The van der Waals surface area contributed by atoms with Crippen LogP contribution in [0.1, 0.15) is 52.9 Å². The molecule has 0 radical (unpaired) electrons. The van der Waals surface area contributed by atoms with E-state index >= 15 is 0 Å². The van der Waals surface area contributed by atoms with E-state index in [1.807, 2.05) is 6.92 Å². The lowest BCUT2D eigenvalue weighted by atomic mass is 10.0. The predicted octanol–water partition coefficient (Wildman–Crippen LogP) is 3.16. The van der Waals surface area contributed by atoms with E-state index in [2.05, 4.69) is 13.8 Å². The Balaban J connectivity index is 3.20. The minimum Gasteiger partial charge on any atom is -0.466 e. The molecule has 0 aliphatic heterocycles. The Hall–Kier alpha value is -0.530. The first kappa shape index (κ1) is 12.5. The molecule has 0 aromatic rings. The van der Waals surface area contributed by atoms with Crippen LogP contribution < -0.4 is 0 Å². The molecule has 0 saturated heterocycles. The Morgan fingerprint density at radius 1 is 1.31 bits per heavy atom. The molecule has 13 heavy (non-hydrogen) atoms. The van der Waals surface area contributed by atoms with Gasteiger partial charge in [-0.25, -0.2) is 0 Å². The maximum Gasteiger partial charge on any atom is 0.305 e. The second-order valence-corrected chi connectivity index (χ2v) is 3.56. The molecule has 2 nitrogen and oxygen atoms in total. The van der Waals surface area contributed by atoms with Crippen LogP contribution in [0.3, 0.4) is 0 Å². The van der Waals surface area contributed by atoms with E-state index in [0.717, 1.165) is 18.8 Å². The summed E-state index contributed by atoms with van der Waals surface area (Å²) in [4.78, 5) is 10.9. The monoisotopic (exact) mass is 186 g/mol. The van der Waals surface area contributed by atoms with E-state index in [9.17, 15) is 4.79 Å². The van der Waals surface area contributed by atoms with E-state index < -0.39 is 0 Å². The summed E-state index contributed by atoms with van der Waals surface area (Å²) in [6, 6.07) is 0. The van der Waals surface area contributed by atoms with Crippen molar-refractivity contribution in [2.75, 3.05) is 6.61 Å². The molecule has 0 saturated carbocycles. The van der Waals surface area contributed by atoms with Gasteiger partial charge in [-0.3, -0.25) is 4.79 Å². The molecule has 0 aromatic carbocycles. The van der Waals surface area contributed by atoms with Gasteiger partial charge >= 0.3 is 5.97 Å². The molecule has 0 aromatic heterocycles. The quantitative estimate of drug-likeness (QED) is 0.451. The molecule has 0 bridgehead atoms. The number of hydrogen-bond donors (Lipinski definition) is 0. The van der Waals surface area contributed by atoms with Gasteiger partial charge in [0.2, 0.25) is 0 Å². The molecule has 0 N–H and O–H groups in total. The molecule has 0 rings (SSSR count). The van der Waals surface area contributed by atoms with Gasteiger partial charge in [0.15, 0.2) is 0 Å². The second kappa shape index (κ2) is 8.09. The number of unbranched alkanes of at least 4 members (excludes halogenated alkanes) is 1. The molecule has 0 amide bonds. The number of esters is 1. The third-order valence-electron chi connectivity index (χ3n) is 2.33. The van der Waals surface area contributed by atoms with Crippen LogP contribution in [-0.2, 0) is 9.53 Å². The largest absolute Gasteiger partial charge is 0.466 e. The van der Waals surface area contributed by atoms with Crippen LogP contribution in [0, 0.1) is 5.92 Å². The minimum absolute atomic E-state index is 0.0494. The third-order valence-corrected chi connectivity index (χ3v) is 2.33. The summed E-state index contributed by atoms with van der Waals surface area (Å²) in [6.07, 6.45) is 5.18. The fraction of sp³-hybridized carbons (Fsp3) is 0.909. The van der Waals surface area contributed by atoms with Crippen molar-refractivity contribution in [1.82, 2.24) is 0 Å². The Bertz CT molecular complexity index is 132. The number of rotatable bonds is 7. The van der Waals surface area contributed by atoms with Gasteiger partial charge in [0, 0.05) is 6.42 Å². The van der Waals surface area contributed by atoms with Gasteiger partial charge in [0.05, 0.1) is 6.61 Å². The van der Waals surface area contributed by atoms with E-state index in [0.29, 0.717) is 13.0 Å². The van der Waals surface area contributed by atoms with Crippen molar-refractivity contribution >= 4 is 5.97 Å². The zero-order valence-electron chi connectivity index (χ0n) is 9.14. The van der Waals surface area contributed by atoms with Crippen LogP contribution >= 0.6 is 0 Å². The fourth-order valence-electron chi connectivity index (χ4n) is 1.20. The van der Waals surface area contributed by atoms with Crippen molar-refractivity contribution in [3.63, 3.8) is 0 Å². The lowest BCUT2D eigenvalue weighted by molar-refractivity contribution is -0.143. The summed E-state index contributed by atoms with van der Waals surface area (Å²) in [7, 11) is 0. The van der Waals surface area contributed by atoms with Crippen molar-refractivity contribution in [3.05, 3.63) is 0 Å². The van der Waals surface area contributed by atoms with E-state index in [4.69, 9.17) is 4.74 Å². The lowest BCUT2D eigenvalue weighted by Crippen LogP contribution is -2.03. The highest BCUT2D eigenvalue weighted by Crippen LogP contribution is 2.12. The molecule has 0 heterocycles. The molecular formula is C11H22O2. The van der Waals surface area contributed by atoms with Gasteiger partial charge in [-0.1, -0.05) is 33.1 Å². The van der Waals surface area contributed by atoms with Crippen molar-refractivity contribution in [1.29, 1.82) is 0 Å². The van der Waals surface area contributed by atoms with Gasteiger partial charge < -0.3 is 4.74 Å². The highest BCUT2D eigenvalue weighted by Gasteiger charge is 2.02. The van der Waals surface area contributed by atoms with Gasteiger partial charge in [0.1, 0.15) is 0 Å². The first-order valence-electron chi connectivity index (χ1n) is 5.36. The van der Waals surface area contributed by atoms with Gasteiger partial charge in [-0.15, -0.1) is 0 Å². The van der Waals surface area contributed by atoms with Crippen molar-refractivity contribution in [2.45, 2.75) is 52.9 Å². The molecule has 2 heteroatoms. The Kier molecular flexibility index (Phi) is 7.76. The van der Waals surface area contributed by atoms with Crippen LogP contribution in [0.2, 0.25) is 0 Å². The van der Waals surface area contributed by atoms with Gasteiger partial charge in [-0.2, -0.15) is 0 Å². The average molecular weight is 186 g/mol. The first-order chi connectivity index (χ1) is 6.20. The molecule has 0 spiro atoms. The Morgan fingerprint density at radius 2 is 2.00 bits per heavy atom. The van der Waals surface area contributed by atoms with Crippen molar-refractivity contribution in [3.8, 4) is 0 Å². The standard InChI is InChI=1S/C11H22O2/c1-4-10(3)8-6-7-9-11(12)13-5-2/h10H,4-9H2,1-3H3/t10-/m0/s1. The summed E-state index contributed by atoms with van der Waals surface area (Å²) in [6.45, 7) is 6.81. The third kappa shape index (κ3) is 7.82. The van der Waals surface area contributed by atoms with Crippen LogP contribution in [0.5, 0.6) is 0 Å². The lowest BCUT2D eigenvalue weighted by Gasteiger charge is -2.06. The van der Waals surface area contributed by atoms with Gasteiger partial charge in [-0.05, 0) is 19.3 Å². The SMILES string of the molecule is CCOC(=O)CCCC[C@@H](C)CC. The van der Waals surface area contributed by atoms with Crippen LogP contribution in [0.4, 0.5) is 0 Å². The van der Waals surface area contributed by atoms with Crippen molar-refractivity contribution in [2.24, 2.45) is 5.92 Å². The Labute approximate surface area is 81.7 Å². The molecule has 0 unspecified atom stereocenters. The number of ether oxygens (including phenoxy) is 1. The molecule has 78 valence electrons. The maximum absolute atomic E-state index is 10.9. The molecule has 0 aliphatic rings. The van der Waals surface area contributed by atoms with E-state index in [1.165, 1.54) is 12.8 Å². The van der Waals surface area contributed by atoms with Crippen LogP contribution in [0.15, 0.2) is 0 Å². The summed E-state index contributed by atoms with van der Waals surface area (Å²) < 4.78 is 4.84. The molecular weight excluding hydrogens is 164 g/mol. The van der Waals surface area contributed by atoms with Gasteiger partial charge in [0.25, 0.3) is 0 Å². The van der Waals surface area contributed by atoms with E-state index in [-0.39, 0.29) is 5.97 Å². The summed E-state index contributed by atoms with van der Waals surface area (Å²) >= 11 is 0. The highest BCUT2D eigenvalue weighted by atomic mass is 16.5.